The van der Waals surface area contributed by atoms with Crippen molar-refractivity contribution in [3.05, 3.63) is 94.4 Å². The fourth-order valence-electron chi connectivity index (χ4n) is 3.28. The van der Waals surface area contributed by atoms with Crippen LogP contribution in [0, 0.1) is 5.82 Å². The van der Waals surface area contributed by atoms with Crippen LogP contribution in [0.4, 0.5) is 4.39 Å². The summed E-state index contributed by atoms with van der Waals surface area (Å²) in [6, 6.07) is 14.5. The molecule has 9 nitrogen and oxygen atoms in total. The smallest absolute Gasteiger partial charge is 0.264 e. The molecular formula is C23H21FN6O3. The van der Waals surface area contributed by atoms with E-state index in [1.54, 1.807) is 42.5 Å². The highest BCUT2D eigenvalue weighted by Crippen LogP contribution is 2.08. The van der Waals surface area contributed by atoms with Crippen LogP contribution in [0.1, 0.15) is 15.9 Å². The number of aromatic nitrogens is 4. The molecule has 0 aliphatic rings. The average molecular weight is 448 g/mol. The number of hydrogen-bond donors (Lipinski definition) is 2. The Morgan fingerprint density at radius 3 is 2.52 bits per heavy atom. The fraction of sp³-hybridized carbons (Fsp3) is 0.174. The Kier molecular flexibility index (Phi) is 6.53. The Bertz CT molecular complexity index is 1330. The van der Waals surface area contributed by atoms with Gasteiger partial charge >= 0.3 is 0 Å². The Hall–Kier alpha value is -4.34. The van der Waals surface area contributed by atoms with Gasteiger partial charge in [-0.3, -0.25) is 19.0 Å². The summed E-state index contributed by atoms with van der Waals surface area (Å²) in [7, 11) is 0. The molecule has 4 aromatic rings. The molecule has 0 unspecified atom stereocenters. The molecular weight excluding hydrogens is 427 g/mol. The van der Waals surface area contributed by atoms with Gasteiger partial charge in [0.1, 0.15) is 17.5 Å². The Balaban J connectivity index is 1.32. The van der Waals surface area contributed by atoms with Gasteiger partial charge in [0.2, 0.25) is 5.91 Å². The fourth-order valence-corrected chi connectivity index (χ4v) is 3.28. The van der Waals surface area contributed by atoms with Crippen LogP contribution in [0.3, 0.4) is 0 Å². The van der Waals surface area contributed by atoms with Crippen molar-refractivity contribution in [2.45, 2.75) is 13.1 Å². The molecule has 0 radical (unpaired) electrons. The minimum absolute atomic E-state index is 0.153. The van der Waals surface area contributed by atoms with Crippen LogP contribution in [0.15, 0.2) is 71.9 Å². The minimum atomic E-state index is -0.342. The molecule has 0 aliphatic heterocycles. The van der Waals surface area contributed by atoms with E-state index in [0.29, 0.717) is 23.1 Å². The maximum atomic E-state index is 13.1. The second-order valence-electron chi connectivity index (χ2n) is 7.31. The van der Waals surface area contributed by atoms with E-state index in [9.17, 15) is 18.8 Å². The van der Waals surface area contributed by atoms with Crippen LogP contribution in [-0.2, 0) is 17.9 Å². The molecule has 33 heavy (non-hydrogen) atoms. The van der Waals surface area contributed by atoms with Crippen LogP contribution < -0.4 is 16.2 Å². The first-order valence-electron chi connectivity index (χ1n) is 10.3. The highest BCUT2D eigenvalue weighted by atomic mass is 19.1. The SMILES string of the molecule is O=C(CNC(=O)c1ccccc1)NCCn1ncc2c(=O)n(Cc3ccc(F)cc3)cnc21. The summed E-state index contributed by atoms with van der Waals surface area (Å²) in [5.74, 6) is -1.01. The number of hydrogen-bond acceptors (Lipinski definition) is 5. The lowest BCUT2D eigenvalue weighted by atomic mass is 10.2. The lowest BCUT2D eigenvalue weighted by molar-refractivity contribution is -0.120. The van der Waals surface area contributed by atoms with Crippen LogP contribution in [0.25, 0.3) is 11.0 Å². The topological polar surface area (TPSA) is 111 Å². The van der Waals surface area contributed by atoms with Crippen molar-refractivity contribution in [1.82, 2.24) is 30.0 Å². The Morgan fingerprint density at radius 1 is 1.00 bits per heavy atom. The van der Waals surface area contributed by atoms with Crippen molar-refractivity contribution in [3.8, 4) is 0 Å². The van der Waals surface area contributed by atoms with E-state index >= 15 is 0 Å². The zero-order valence-corrected chi connectivity index (χ0v) is 17.6. The molecule has 10 heteroatoms. The first kappa shape index (κ1) is 21.9. The van der Waals surface area contributed by atoms with E-state index in [2.05, 4.69) is 20.7 Å². The van der Waals surface area contributed by atoms with Crippen molar-refractivity contribution in [2.24, 2.45) is 0 Å². The zero-order valence-electron chi connectivity index (χ0n) is 17.6. The summed E-state index contributed by atoms with van der Waals surface area (Å²) in [5, 5.41) is 9.80. The van der Waals surface area contributed by atoms with Gasteiger partial charge in [0.15, 0.2) is 5.65 Å². The number of carbonyl (C=O) groups excluding carboxylic acids is 2. The summed E-state index contributed by atoms with van der Waals surface area (Å²) in [6.07, 6.45) is 2.86. The molecule has 0 saturated heterocycles. The van der Waals surface area contributed by atoms with Crippen molar-refractivity contribution < 1.29 is 14.0 Å². The zero-order chi connectivity index (χ0) is 23.2. The number of nitrogens with zero attached hydrogens (tertiary/aromatic N) is 4. The number of amides is 2. The Labute approximate surface area is 187 Å². The summed E-state index contributed by atoms with van der Waals surface area (Å²) in [4.78, 5) is 41.1. The van der Waals surface area contributed by atoms with Gasteiger partial charge in [0, 0.05) is 12.1 Å². The van der Waals surface area contributed by atoms with Gasteiger partial charge in [-0.05, 0) is 29.8 Å². The minimum Gasteiger partial charge on any atom is -0.353 e. The molecule has 168 valence electrons. The number of benzene rings is 2. The van der Waals surface area contributed by atoms with Gasteiger partial charge in [-0.15, -0.1) is 0 Å². The third-order valence-electron chi connectivity index (χ3n) is 4.98. The van der Waals surface area contributed by atoms with Crippen molar-refractivity contribution in [1.29, 1.82) is 0 Å². The highest BCUT2D eigenvalue weighted by molar-refractivity contribution is 5.96. The van der Waals surface area contributed by atoms with Crippen molar-refractivity contribution >= 4 is 22.8 Å². The van der Waals surface area contributed by atoms with Gasteiger partial charge in [-0.1, -0.05) is 30.3 Å². The van der Waals surface area contributed by atoms with E-state index in [4.69, 9.17) is 0 Å². The number of fused-ring (bicyclic) bond motifs is 1. The molecule has 0 aliphatic carbocycles. The quantitative estimate of drug-likeness (QED) is 0.423. The molecule has 2 amide bonds. The first-order chi connectivity index (χ1) is 16.0. The number of nitrogens with one attached hydrogen (secondary N) is 2. The molecule has 2 aromatic carbocycles. The van der Waals surface area contributed by atoms with E-state index in [1.165, 1.54) is 33.9 Å². The Morgan fingerprint density at radius 2 is 1.76 bits per heavy atom. The predicted molar refractivity (Wildman–Crippen MR) is 119 cm³/mol. The summed E-state index contributed by atoms with van der Waals surface area (Å²) in [6.45, 7) is 0.658. The summed E-state index contributed by atoms with van der Waals surface area (Å²) >= 11 is 0. The largest absolute Gasteiger partial charge is 0.353 e. The van der Waals surface area contributed by atoms with Crippen LogP contribution in [0.5, 0.6) is 0 Å². The third kappa shape index (κ3) is 5.29. The van der Waals surface area contributed by atoms with Gasteiger partial charge in [0.05, 0.1) is 25.8 Å². The number of rotatable bonds is 8. The van der Waals surface area contributed by atoms with Crippen LogP contribution >= 0.6 is 0 Å². The first-order valence-corrected chi connectivity index (χ1v) is 10.3. The second kappa shape index (κ2) is 9.86. The molecule has 2 N–H and O–H groups in total. The standard InChI is InChI=1S/C23H21FN6O3/c24-18-8-6-16(7-9-18)14-29-15-27-21-19(23(29)33)12-28-30(21)11-10-25-20(31)13-26-22(32)17-4-2-1-3-5-17/h1-9,12,15H,10-11,13-14H2,(H,25,31)(H,26,32). The lowest BCUT2D eigenvalue weighted by Gasteiger charge is -2.08. The average Bonchev–Trinajstić information content (AvgIpc) is 3.25. The van der Waals surface area contributed by atoms with E-state index < -0.39 is 0 Å². The maximum Gasteiger partial charge on any atom is 0.264 e. The number of halogens is 1. The van der Waals surface area contributed by atoms with Crippen LogP contribution in [0.2, 0.25) is 0 Å². The maximum absolute atomic E-state index is 13.1. The summed E-state index contributed by atoms with van der Waals surface area (Å²) in [5.41, 5.74) is 1.39. The molecule has 0 bridgehead atoms. The monoisotopic (exact) mass is 448 g/mol. The molecule has 2 heterocycles. The van der Waals surface area contributed by atoms with Gasteiger partial charge in [-0.2, -0.15) is 5.10 Å². The van der Waals surface area contributed by atoms with Gasteiger partial charge in [-0.25, -0.2) is 14.1 Å². The predicted octanol–water partition coefficient (Wildman–Crippen LogP) is 1.33. The summed E-state index contributed by atoms with van der Waals surface area (Å²) < 4.78 is 16.0. The second-order valence-corrected chi connectivity index (χ2v) is 7.31. The number of carbonyl (C=O) groups is 2. The lowest BCUT2D eigenvalue weighted by Crippen LogP contribution is -2.38. The van der Waals surface area contributed by atoms with E-state index in [1.807, 2.05) is 0 Å². The molecule has 0 spiro atoms. The third-order valence-corrected chi connectivity index (χ3v) is 4.98. The molecule has 0 atom stereocenters. The molecule has 0 fully saturated rings. The molecule has 4 rings (SSSR count). The van der Waals surface area contributed by atoms with E-state index in [-0.39, 0.29) is 42.8 Å². The van der Waals surface area contributed by atoms with Gasteiger partial charge < -0.3 is 10.6 Å². The van der Waals surface area contributed by atoms with Crippen molar-refractivity contribution in [2.75, 3.05) is 13.1 Å². The van der Waals surface area contributed by atoms with E-state index in [0.717, 1.165) is 5.56 Å². The van der Waals surface area contributed by atoms with Crippen molar-refractivity contribution in [3.63, 3.8) is 0 Å². The highest BCUT2D eigenvalue weighted by Gasteiger charge is 2.11. The normalized spacial score (nSPS) is 10.8. The van der Waals surface area contributed by atoms with Gasteiger partial charge in [0.25, 0.3) is 11.5 Å². The van der Waals surface area contributed by atoms with Crippen LogP contribution in [-0.4, -0.2) is 44.2 Å². The molecule has 0 saturated carbocycles. The molecule has 2 aromatic heterocycles.